The van der Waals surface area contributed by atoms with Gasteiger partial charge in [0.05, 0.1) is 17.9 Å². The summed E-state index contributed by atoms with van der Waals surface area (Å²) in [5, 5.41) is 0. The Bertz CT molecular complexity index is 366. The Hall–Kier alpha value is -1.00. The first-order valence-corrected chi connectivity index (χ1v) is 6.82. The number of nitrogens with two attached hydrogens (primary N) is 1. The highest BCUT2D eigenvalue weighted by Crippen LogP contribution is 2.37. The lowest BCUT2D eigenvalue weighted by atomic mass is 9.76. The number of hydrazine groups is 1. The fourth-order valence-electron chi connectivity index (χ4n) is 3.04. The van der Waals surface area contributed by atoms with Crippen LogP contribution in [0.1, 0.15) is 50.8 Å². The van der Waals surface area contributed by atoms with Crippen molar-refractivity contribution in [3.8, 4) is 0 Å². The Morgan fingerprint density at radius 2 is 2.33 bits per heavy atom. The lowest BCUT2D eigenvalue weighted by Crippen LogP contribution is -2.36. The third kappa shape index (κ3) is 3.06. The summed E-state index contributed by atoms with van der Waals surface area (Å²) in [4.78, 5) is 4.16. The van der Waals surface area contributed by atoms with Gasteiger partial charge in [-0.25, -0.2) is 4.39 Å². The summed E-state index contributed by atoms with van der Waals surface area (Å²) in [7, 11) is 0. The zero-order chi connectivity index (χ0) is 13.0. The topological polar surface area (TPSA) is 50.9 Å². The molecule has 3 N–H and O–H groups in total. The van der Waals surface area contributed by atoms with Crippen molar-refractivity contribution in [1.29, 1.82) is 0 Å². The molecule has 3 atom stereocenters. The molecule has 1 aliphatic carbocycles. The third-order valence-electron chi connectivity index (χ3n) is 4.12. The molecule has 0 spiro atoms. The van der Waals surface area contributed by atoms with E-state index in [-0.39, 0.29) is 11.9 Å². The fraction of sp³-hybridized carbons (Fsp3) is 0.643. The summed E-state index contributed by atoms with van der Waals surface area (Å²) >= 11 is 0. The maximum Gasteiger partial charge on any atom is 0.141 e. The maximum absolute atomic E-state index is 12.9. The number of pyridine rings is 1. The van der Waals surface area contributed by atoms with Crippen molar-refractivity contribution in [2.45, 2.75) is 45.1 Å². The highest BCUT2D eigenvalue weighted by Gasteiger charge is 2.28. The number of halogens is 1. The van der Waals surface area contributed by atoms with E-state index in [1.165, 1.54) is 44.4 Å². The van der Waals surface area contributed by atoms with Gasteiger partial charge in [-0.1, -0.05) is 26.2 Å². The van der Waals surface area contributed by atoms with E-state index in [0.717, 1.165) is 11.6 Å². The predicted octanol–water partition coefficient (Wildman–Crippen LogP) is 2.94. The Morgan fingerprint density at radius 1 is 1.50 bits per heavy atom. The normalized spacial score (nSPS) is 25.9. The van der Waals surface area contributed by atoms with Crippen molar-refractivity contribution in [2.24, 2.45) is 17.7 Å². The van der Waals surface area contributed by atoms with E-state index in [1.807, 2.05) is 0 Å². The lowest BCUT2D eigenvalue weighted by molar-refractivity contribution is 0.207. The quantitative estimate of drug-likeness (QED) is 0.639. The Kier molecular flexibility index (Phi) is 4.66. The van der Waals surface area contributed by atoms with Crippen LogP contribution in [0.2, 0.25) is 0 Å². The average molecular weight is 251 g/mol. The molecule has 0 aliphatic heterocycles. The van der Waals surface area contributed by atoms with Gasteiger partial charge in [0.15, 0.2) is 0 Å². The minimum atomic E-state index is -0.301. The number of nitrogens with zero attached hydrogens (tertiary/aromatic N) is 1. The van der Waals surface area contributed by atoms with Crippen molar-refractivity contribution < 1.29 is 4.39 Å². The molecule has 4 heteroatoms. The summed E-state index contributed by atoms with van der Waals surface area (Å²) in [6, 6.07) is 3.22. The fourth-order valence-corrected chi connectivity index (χ4v) is 3.04. The first-order chi connectivity index (χ1) is 8.74. The van der Waals surface area contributed by atoms with E-state index in [2.05, 4.69) is 17.3 Å². The zero-order valence-electron chi connectivity index (χ0n) is 10.9. The molecule has 1 fully saturated rings. The molecule has 1 aromatic heterocycles. The molecule has 0 radical (unpaired) electrons. The van der Waals surface area contributed by atoms with E-state index < -0.39 is 0 Å². The van der Waals surface area contributed by atoms with Crippen molar-refractivity contribution in [2.75, 3.05) is 0 Å². The smallest absolute Gasteiger partial charge is 0.141 e. The van der Waals surface area contributed by atoms with Crippen LogP contribution in [0.15, 0.2) is 18.3 Å². The molecule has 3 unspecified atom stereocenters. The van der Waals surface area contributed by atoms with E-state index in [4.69, 9.17) is 5.84 Å². The van der Waals surface area contributed by atoms with Gasteiger partial charge in [0.1, 0.15) is 5.82 Å². The van der Waals surface area contributed by atoms with Crippen LogP contribution < -0.4 is 11.3 Å². The molecule has 0 bridgehead atoms. The molecule has 1 heterocycles. The van der Waals surface area contributed by atoms with E-state index in [9.17, 15) is 4.39 Å². The van der Waals surface area contributed by atoms with Crippen LogP contribution in [0.5, 0.6) is 0 Å². The van der Waals surface area contributed by atoms with Crippen LogP contribution >= 0.6 is 0 Å². The van der Waals surface area contributed by atoms with E-state index in [1.54, 1.807) is 6.07 Å². The van der Waals surface area contributed by atoms with Crippen molar-refractivity contribution in [1.82, 2.24) is 10.4 Å². The van der Waals surface area contributed by atoms with Crippen molar-refractivity contribution >= 4 is 0 Å². The summed E-state index contributed by atoms with van der Waals surface area (Å²) < 4.78 is 12.9. The second-order valence-corrected chi connectivity index (χ2v) is 5.25. The largest absolute Gasteiger partial charge is 0.271 e. The van der Waals surface area contributed by atoms with Crippen LogP contribution in [0.25, 0.3) is 0 Å². The lowest BCUT2D eigenvalue weighted by Gasteiger charge is -2.33. The predicted molar refractivity (Wildman–Crippen MR) is 70.0 cm³/mol. The van der Waals surface area contributed by atoms with Gasteiger partial charge in [0, 0.05) is 0 Å². The molecule has 0 saturated heterocycles. The number of nitrogens with one attached hydrogen (secondary N) is 1. The zero-order valence-corrected chi connectivity index (χ0v) is 10.9. The Balaban J connectivity index is 2.10. The maximum atomic E-state index is 12.9. The van der Waals surface area contributed by atoms with Crippen LogP contribution in [-0.4, -0.2) is 4.98 Å². The number of aromatic nitrogens is 1. The van der Waals surface area contributed by atoms with Gasteiger partial charge in [-0.05, 0) is 36.8 Å². The van der Waals surface area contributed by atoms with Gasteiger partial charge in [-0.15, -0.1) is 0 Å². The standard InChI is InChI=1S/C14H22FN3/c1-2-10-4-3-5-11(8-10)14(18-16)13-7-6-12(15)9-17-13/h6-7,9-11,14,18H,2-5,8,16H2,1H3. The molecule has 1 aromatic rings. The first-order valence-electron chi connectivity index (χ1n) is 6.82. The molecule has 1 saturated carbocycles. The van der Waals surface area contributed by atoms with Crippen molar-refractivity contribution in [3.63, 3.8) is 0 Å². The SMILES string of the molecule is CCC1CCCC(C(NN)c2ccc(F)cn2)C1. The molecular formula is C14H22FN3. The van der Waals surface area contributed by atoms with E-state index in [0.29, 0.717) is 5.92 Å². The number of hydrogen-bond acceptors (Lipinski definition) is 3. The molecule has 1 aliphatic rings. The highest BCUT2D eigenvalue weighted by atomic mass is 19.1. The second kappa shape index (κ2) is 6.25. The molecule has 100 valence electrons. The highest BCUT2D eigenvalue weighted by molar-refractivity contribution is 5.11. The average Bonchev–Trinajstić information content (AvgIpc) is 2.42. The van der Waals surface area contributed by atoms with E-state index >= 15 is 0 Å². The van der Waals surface area contributed by atoms with Gasteiger partial charge in [0.25, 0.3) is 0 Å². The second-order valence-electron chi connectivity index (χ2n) is 5.25. The number of rotatable bonds is 4. The monoisotopic (exact) mass is 251 g/mol. The van der Waals surface area contributed by atoms with Gasteiger partial charge < -0.3 is 0 Å². The van der Waals surface area contributed by atoms with Gasteiger partial charge in [0.2, 0.25) is 0 Å². The summed E-state index contributed by atoms with van der Waals surface area (Å²) in [5.41, 5.74) is 3.72. The molecular weight excluding hydrogens is 229 g/mol. The summed E-state index contributed by atoms with van der Waals surface area (Å²) in [6.07, 6.45) is 7.42. The third-order valence-corrected chi connectivity index (χ3v) is 4.12. The minimum Gasteiger partial charge on any atom is -0.271 e. The molecule has 0 amide bonds. The molecule has 18 heavy (non-hydrogen) atoms. The Labute approximate surface area is 108 Å². The van der Waals surface area contributed by atoms with Gasteiger partial charge in [-0.3, -0.25) is 16.3 Å². The first kappa shape index (κ1) is 13.4. The molecule has 0 aromatic carbocycles. The van der Waals surface area contributed by atoms with Crippen LogP contribution in [-0.2, 0) is 0 Å². The van der Waals surface area contributed by atoms with Gasteiger partial charge >= 0.3 is 0 Å². The van der Waals surface area contributed by atoms with Gasteiger partial charge in [-0.2, -0.15) is 0 Å². The Morgan fingerprint density at radius 3 is 2.94 bits per heavy atom. The summed E-state index contributed by atoms with van der Waals surface area (Å²) in [5.74, 6) is 6.67. The van der Waals surface area contributed by atoms with Crippen LogP contribution in [0, 0.1) is 17.7 Å². The number of hydrogen-bond donors (Lipinski definition) is 2. The molecule has 3 nitrogen and oxygen atoms in total. The van der Waals surface area contributed by atoms with Crippen molar-refractivity contribution in [3.05, 3.63) is 29.8 Å². The van der Waals surface area contributed by atoms with Crippen LogP contribution in [0.4, 0.5) is 4.39 Å². The van der Waals surface area contributed by atoms with Crippen LogP contribution in [0.3, 0.4) is 0 Å². The molecule has 2 rings (SSSR count). The minimum absolute atomic E-state index is 0.0416. The summed E-state index contributed by atoms with van der Waals surface area (Å²) in [6.45, 7) is 2.24.